The number of methoxy groups -OCH3 is 3. The van der Waals surface area contributed by atoms with Crippen molar-refractivity contribution < 1.29 is 18.9 Å². The average molecular weight is 278 g/mol. The summed E-state index contributed by atoms with van der Waals surface area (Å²) in [4.78, 5) is 4.08. The summed E-state index contributed by atoms with van der Waals surface area (Å²) in [6.07, 6.45) is 0. The Morgan fingerprint density at radius 2 is 2.00 bits per heavy atom. The maximum Gasteiger partial charge on any atom is 0.261 e. The van der Waals surface area contributed by atoms with Gasteiger partial charge >= 0.3 is 0 Å². The van der Waals surface area contributed by atoms with E-state index in [0.29, 0.717) is 22.0 Å². The molecule has 84 valence electrons. The summed E-state index contributed by atoms with van der Waals surface area (Å²) in [5, 5.41) is 0. The van der Waals surface area contributed by atoms with Gasteiger partial charge < -0.3 is 18.9 Å². The SMILES string of the molecule is COCOc1cc(Br)nc(OC)c1OC. The molecule has 1 heterocycles. The zero-order chi connectivity index (χ0) is 11.3. The van der Waals surface area contributed by atoms with Crippen molar-refractivity contribution in [3.05, 3.63) is 10.7 Å². The van der Waals surface area contributed by atoms with Gasteiger partial charge in [-0.2, -0.15) is 0 Å². The molecule has 0 saturated carbocycles. The summed E-state index contributed by atoms with van der Waals surface area (Å²) in [5.74, 6) is 1.31. The zero-order valence-corrected chi connectivity index (χ0v) is 10.3. The van der Waals surface area contributed by atoms with E-state index < -0.39 is 0 Å². The van der Waals surface area contributed by atoms with Gasteiger partial charge in [-0.25, -0.2) is 4.98 Å². The normalized spacial score (nSPS) is 9.87. The van der Waals surface area contributed by atoms with Gasteiger partial charge in [-0.15, -0.1) is 0 Å². The molecule has 1 aromatic heterocycles. The molecule has 0 fully saturated rings. The molecule has 0 saturated heterocycles. The standard InChI is InChI=1S/C9H12BrNO4/c1-12-5-15-6-4-7(10)11-9(14-3)8(6)13-2/h4H,5H2,1-3H3. The number of rotatable bonds is 5. The van der Waals surface area contributed by atoms with Crippen LogP contribution in [0.2, 0.25) is 0 Å². The fraction of sp³-hybridized carbons (Fsp3) is 0.444. The topological polar surface area (TPSA) is 49.8 Å². The first kappa shape index (κ1) is 12.1. The van der Waals surface area contributed by atoms with E-state index in [1.165, 1.54) is 14.2 Å². The van der Waals surface area contributed by atoms with Gasteiger partial charge in [0.05, 0.1) is 14.2 Å². The smallest absolute Gasteiger partial charge is 0.261 e. The highest BCUT2D eigenvalue weighted by molar-refractivity contribution is 9.10. The molecule has 1 aromatic rings. The second-order valence-corrected chi connectivity index (χ2v) is 3.35. The number of halogens is 1. The third-order valence-electron chi connectivity index (χ3n) is 1.61. The minimum atomic E-state index is 0.135. The number of hydrogen-bond donors (Lipinski definition) is 0. The fourth-order valence-corrected chi connectivity index (χ4v) is 1.38. The summed E-state index contributed by atoms with van der Waals surface area (Å²) in [6.45, 7) is 0.135. The maximum absolute atomic E-state index is 5.30. The van der Waals surface area contributed by atoms with Gasteiger partial charge in [-0.1, -0.05) is 0 Å². The molecule has 0 aliphatic heterocycles. The van der Waals surface area contributed by atoms with Crippen LogP contribution in [-0.2, 0) is 4.74 Å². The predicted octanol–water partition coefficient (Wildman–Crippen LogP) is 1.84. The Morgan fingerprint density at radius 3 is 2.53 bits per heavy atom. The third-order valence-corrected chi connectivity index (χ3v) is 2.01. The summed E-state index contributed by atoms with van der Waals surface area (Å²) < 4.78 is 20.9. The highest BCUT2D eigenvalue weighted by atomic mass is 79.9. The molecule has 0 amide bonds. The summed E-state index contributed by atoms with van der Waals surface area (Å²) in [7, 11) is 4.57. The number of pyridine rings is 1. The van der Waals surface area contributed by atoms with E-state index in [9.17, 15) is 0 Å². The van der Waals surface area contributed by atoms with Crippen molar-refractivity contribution >= 4 is 15.9 Å². The van der Waals surface area contributed by atoms with Crippen molar-refractivity contribution in [2.75, 3.05) is 28.1 Å². The van der Waals surface area contributed by atoms with Crippen molar-refractivity contribution in [3.8, 4) is 17.4 Å². The zero-order valence-electron chi connectivity index (χ0n) is 8.74. The fourth-order valence-electron chi connectivity index (χ4n) is 1.02. The Kier molecular flexibility index (Phi) is 4.64. The van der Waals surface area contributed by atoms with Crippen LogP contribution in [0, 0.1) is 0 Å². The van der Waals surface area contributed by atoms with Crippen molar-refractivity contribution in [2.45, 2.75) is 0 Å². The van der Waals surface area contributed by atoms with E-state index in [-0.39, 0.29) is 6.79 Å². The van der Waals surface area contributed by atoms with E-state index in [0.717, 1.165) is 0 Å². The molecule has 0 aromatic carbocycles. The molecular formula is C9H12BrNO4. The number of ether oxygens (including phenoxy) is 4. The van der Waals surface area contributed by atoms with Crippen molar-refractivity contribution in [1.29, 1.82) is 0 Å². The van der Waals surface area contributed by atoms with Crippen LogP contribution in [0.5, 0.6) is 17.4 Å². The molecule has 0 bridgehead atoms. The number of nitrogens with zero attached hydrogens (tertiary/aromatic N) is 1. The predicted molar refractivity (Wildman–Crippen MR) is 57.5 cm³/mol. The van der Waals surface area contributed by atoms with Crippen molar-refractivity contribution in [1.82, 2.24) is 4.98 Å². The van der Waals surface area contributed by atoms with Crippen LogP contribution in [0.4, 0.5) is 0 Å². The quantitative estimate of drug-likeness (QED) is 0.607. The Hall–Kier alpha value is -1.01. The molecule has 15 heavy (non-hydrogen) atoms. The molecule has 0 atom stereocenters. The third kappa shape index (κ3) is 2.97. The second-order valence-electron chi connectivity index (χ2n) is 2.54. The number of hydrogen-bond acceptors (Lipinski definition) is 5. The molecule has 1 rings (SSSR count). The lowest BCUT2D eigenvalue weighted by Crippen LogP contribution is -2.03. The molecule has 0 aliphatic carbocycles. The highest BCUT2D eigenvalue weighted by Crippen LogP contribution is 2.37. The molecule has 0 aliphatic rings. The van der Waals surface area contributed by atoms with Gasteiger partial charge in [-0.05, 0) is 15.9 Å². The Bertz CT molecular complexity index is 332. The van der Waals surface area contributed by atoms with Crippen LogP contribution in [0.3, 0.4) is 0 Å². The van der Waals surface area contributed by atoms with E-state index >= 15 is 0 Å². The molecule has 6 heteroatoms. The summed E-state index contributed by atoms with van der Waals surface area (Å²) >= 11 is 3.24. The molecular weight excluding hydrogens is 266 g/mol. The average Bonchev–Trinajstić information content (AvgIpc) is 2.25. The molecule has 0 unspecified atom stereocenters. The monoisotopic (exact) mass is 277 g/mol. The van der Waals surface area contributed by atoms with Crippen LogP contribution in [-0.4, -0.2) is 33.1 Å². The van der Waals surface area contributed by atoms with Crippen LogP contribution in [0.1, 0.15) is 0 Å². The van der Waals surface area contributed by atoms with Gasteiger partial charge in [0.1, 0.15) is 4.60 Å². The Labute approximate surface area is 96.4 Å². The largest absolute Gasteiger partial charge is 0.489 e. The lowest BCUT2D eigenvalue weighted by molar-refractivity contribution is 0.0487. The van der Waals surface area contributed by atoms with Gasteiger partial charge in [0.2, 0.25) is 5.75 Å². The molecule has 5 nitrogen and oxygen atoms in total. The lowest BCUT2D eigenvalue weighted by Gasteiger charge is -2.12. The van der Waals surface area contributed by atoms with Gasteiger partial charge in [0, 0.05) is 13.2 Å². The van der Waals surface area contributed by atoms with Gasteiger partial charge in [0.15, 0.2) is 12.5 Å². The first-order chi connectivity index (χ1) is 7.22. The van der Waals surface area contributed by atoms with Crippen molar-refractivity contribution in [2.24, 2.45) is 0 Å². The van der Waals surface area contributed by atoms with Crippen LogP contribution in [0.15, 0.2) is 10.7 Å². The molecule has 0 N–H and O–H groups in total. The van der Waals surface area contributed by atoms with E-state index in [2.05, 4.69) is 20.9 Å². The minimum absolute atomic E-state index is 0.135. The first-order valence-electron chi connectivity index (χ1n) is 4.13. The highest BCUT2D eigenvalue weighted by Gasteiger charge is 2.14. The van der Waals surface area contributed by atoms with Gasteiger partial charge in [-0.3, -0.25) is 0 Å². The van der Waals surface area contributed by atoms with E-state index in [4.69, 9.17) is 18.9 Å². The summed E-state index contributed by atoms with van der Waals surface area (Å²) in [6, 6.07) is 1.68. The van der Waals surface area contributed by atoms with Crippen LogP contribution < -0.4 is 14.2 Å². The Balaban J connectivity index is 3.05. The second kappa shape index (κ2) is 5.77. The van der Waals surface area contributed by atoms with E-state index in [1.54, 1.807) is 13.2 Å². The minimum Gasteiger partial charge on any atom is -0.489 e. The first-order valence-corrected chi connectivity index (χ1v) is 4.92. The van der Waals surface area contributed by atoms with E-state index in [1.807, 2.05) is 0 Å². The Morgan fingerprint density at radius 1 is 1.27 bits per heavy atom. The molecule has 0 radical (unpaired) electrons. The van der Waals surface area contributed by atoms with Crippen LogP contribution in [0.25, 0.3) is 0 Å². The van der Waals surface area contributed by atoms with Crippen molar-refractivity contribution in [3.63, 3.8) is 0 Å². The number of aromatic nitrogens is 1. The van der Waals surface area contributed by atoms with Gasteiger partial charge in [0.25, 0.3) is 5.88 Å². The molecule has 0 spiro atoms. The van der Waals surface area contributed by atoms with Crippen LogP contribution >= 0.6 is 15.9 Å². The maximum atomic E-state index is 5.30. The summed E-state index contributed by atoms with van der Waals surface area (Å²) in [5.41, 5.74) is 0. The lowest BCUT2D eigenvalue weighted by atomic mass is 10.4.